The number of ether oxygens (including phenoxy) is 1. The molecule has 1 atom stereocenters. The van der Waals surface area contributed by atoms with E-state index in [1.807, 2.05) is 36.0 Å². The molecule has 1 saturated heterocycles. The van der Waals surface area contributed by atoms with Crippen LogP contribution < -0.4 is 10.2 Å². The van der Waals surface area contributed by atoms with Crippen molar-refractivity contribution >= 4 is 23.2 Å². The second kappa shape index (κ2) is 11.0. The number of benzene rings is 2. The molecule has 7 heteroatoms. The van der Waals surface area contributed by atoms with Gasteiger partial charge in [-0.15, -0.1) is 0 Å². The third kappa shape index (κ3) is 7.03. The zero-order valence-electron chi connectivity index (χ0n) is 20.9. The quantitative estimate of drug-likeness (QED) is 0.585. The van der Waals surface area contributed by atoms with Gasteiger partial charge in [0.15, 0.2) is 0 Å². The molecule has 0 bridgehead atoms. The minimum atomic E-state index is -0.569. The molecule has 2 aromatic rings. The predicted molar refractivity (Wildman–Crippen MR) is 134 cm³/mol. The van der Waals surface area contributed by atoms with Gasteiger partial charge in [-0.05, 0) is 54.2 Å². The summed E-state index contributed by atoms with van der Waals surface area (Å²) in [4.78, 5) is 29.8. The Morgan fingerprint density at radius 3 is 2.50 bits per heavy atom. The number of nitrogens with zero attached hydrogens (tertiary/aromatic N) is 2. The number of rotatable bonds is 8. The Labute approximate surface area is 202 Å². The van der Waals surface area contributed by atoms with Crippen molar-refractivity contribution < 1.29 is 18.7 Å². The van der Waals surface area contributed by atoms with E-state index in [1.54, 1.807) is 18.2 Å². The highest BCUT2D eigenvalue weighted by Gasteiger charge is 2.27. The minimum Gasteiger partial charge on any atom is -0.377 e. The number of carbonyl (C=O) groups excluding carboxylic acids is 2. The molecule has 0 aromatic heterocycles. The Balaban J connectivity index is 1.86. The number of carbonyl (C=O) groups is 2. The molecular formula is C27H36FN3O3. The first-order valence-electron chi connectivity index (χ1n) is 11.8. The molecular weight excluding hydrogens is 433 g/mol. The van der Waals surface area contributed by atoms with Crippen LogP contribution in [0, 0.1) is 11.2 Å². The summed E-state index contributed by atoms with van der Waals surface area (Å²) in [6.45, 7) is 7.82. The van der Waals surface area contributed by atoms with E-state index in [-0.39, 0.29) is 23.0 Å². The van der Waals surface area contributed by atoms with Crippen molar-refractivity contribution in [2.75, 3.05) is 37.5 Å². The van der Waals surface area contributed by atoms with Crippen molar-refractivity contribution in [3.63, 3.8) is 0 Å². The third-order valence-electron chi connectivity index (χ3n) is 5.78. The summed E-state index contributed by atoms with van der Waals surface area (Å²) in [5.41, 5.74) is 2.25. The highest BCUT2D eigenvalue weighted by Crippen LogP contribution is 2.28. The van der Waals surface area contributed by atoms with Gasteiger partial charge in [0.25, 0.3) is 5.91 Å². The maximum Gasteiger partial charge on any atom is 0.258 e. The van der Waals surface area contributed by atoms with Crippen LogP contribution in [0.4, 0.5) is 15.8 Å². The van der Waals surface area contributed by atoms with Crippen molar-refractivity contribution in [2.45, 2.75) is 52.7 Å². The van der Waals surface area contributed by atoms with Crippen LogP contribution >= 0.6 is 0 Å². The Bertz CT molecular complexity index is 1010. The van der Waals surface area contributed by atoms with Gasteiger partial charge < -0.3 is 19.9 Å². The Morgan fingerprint density at radius 1 is 1.15 bits per heavy atom. The van der Waals surface area contributed by atoms with Crippen molar-refractivity contribution in [1.82, 2.24) is 4.90 Å². The van der Waals surface area contributed by atoms with Crippen LogP contribution in [0.15, 0.2) is 42.5 Å². The first-order chi connectivity index (χ1) is 16.0. The van der Waals surface area contributed by atoms with Crippen LogP contribution in [0.2, 0.25) is 0 Å². The molecule has 6 nitrogen and oxygen atoms in total. The molecule has 3 rings (SSSR count). The van der Waals surface area contributed by atoms with E-state index in [4.69, 9.17) is 4.74 Å². The standard InChI is InChI=1S/C27H36FN3O3/c1-27(2,3)16-25(32)31(18-21-9-8-14-34-21)17-19-15-20(12-13-24(19)30(4)5)29-26(33)22-10-6-7-11-23(22)28/h6-7,10-13,15,21H,8-9,14,16-18H2,1-5H3,(H,29,33)/t21-/m1/s1. The first-order valence-corrected chi connectivity index (χ1v) is 11.8. The highest BCUT2D eigenvalue weighted by molar-refractivity contribution is 6.04. The van der Waals surface area contributed by atoms with Gasteiger partial charge in [-0.25, -0.2) is 4.39 Å². The molecule has 1 aliphatic heterocycles. The van der Waals surface area contributed by atoms with Crippen LogP contribution in [-0.2, 0) is 16.1 Å². The maximum atomic E-state index is 14.1. The van der Waals surface area contributed by atoms with Gasteiger partial charge >= 0.3 is 0 Å². The molecule has 2 amide bonds. The smallest absolute Gasteiger partial charge is 0.258 e. The number of anilines is 2. The van der Waals surface area contributed by atoms with Gasteiger partial charge in [-0.1, -0.05) is 32.9 Å². The number of hydrogen-bond acceptors (Lipinski definition) is 4. The van der Waals surface area contributed by atoms with Crippen LogP contribution in [0.1, 0.15) is 56.0 Å². The number of halogens is 1. The molecule has 184 valence electrons. The second-order valence-corrected chi connectivity index (χ2v) is 10.3. The monoisotopic (exact) mass is 469 g/mol. The number of hydrogen-bond donors (Lipinski definition) is 1. The summed E-state index contributed by atoms with van der Waals surface area (Å²) < 4.78 is 19.9. The van der Waals surface area contributed by atoms with Crippen LogP contribution in [0.25, 0.3) is 0 Å². The lowest BCUT2D eigenvalue weighted by molar-refractivity contribution is -0.135. The molecule has 0 unspecified atom stereocenters. The molecule has 1 aliphatic rings. The van der Waals surface area contributed by atoms with Gasteiger partial charge in [0, 0.05) is 51.6 Å². The summed E-state index contributed by atoms with van der Waals surface area (Å²) in [6, 6.07) is 11.5. The van der Waals surface area contributed by atoms with Crippen LogP contribution in [-0.4, -0.2) is 50.1 Å². The van der Waals surface area contributed by atoms with Crippen molar-refractivity contribution in [1.29, 1.82) is 0 Å². The highest BCUT2D eigenvalue weighted by atomic mass is 19.1. The van der Waals surface area contributed by atoms with E-state index in [0.29, 0.717) is 25.2 Å². The van der Waals surface area contributed by atoms with Crippen LogP contribution in [0.5, 0.6) is 0 Å². The average Bonchev–Trinajstić information content (AvgIpc) is 3.25. The Hall–Kier alpha value is -2.93. The SMILES string of the molecule is CN(C)c1ccc(NC(=O)c2ccccc2F)cc1CN(C[C@H]1CCCO1)C(=O)CC(C)(C)C. The lowest BCUT2D eigenvalue weighted by Crippen LogP contribution is -2.38. The number of amides is 2. The van der Waals surface area contributed by atoms with E-state index in [1.165, 1.54) is 12.1 Å². The molecule has 1 N–H and O–H groups in total. The fourth-order valence-corrected chi connectivity index (χ4v) is 4.13. The van der Waals surface area contributed by atoms with E-state index < -0.39 is 11.7 Å². The van der Waals surface area contributed by atoms with Crippen LogP contribution in [0.3, 0.4) is 0 Å². The predicted octanol–water partition coefficient (Wildman–Crippen LogP) is 5.09. The summed E-state index contributed by atoms with van der Waals surface area (Å²) in [6.07, 6.45) is 2.42. The molecule has 0 aliphatic carbocycles. The summed E-state index contributed by atoms with van der Waals surface area (Å²) in [7, 11) is 3.88. The third-order valence-corrected chi connectivity index (χ3v) is 5.78. The van der Waals surface area contributed by atoms with E-state index in [9.17, 15) is 14.0 Å². The molecule has 2 aromatic carbocycles. The average molecular weight is 470 g/mol. The maximum absolute atomic E-state index is 14.1. The van der Waals surface area contributed by atoms with Gasteiger partial charge in [0.05, 0.1) is 11.7 Å². The number of nitrogens with one attached hydrogen (secondary N) is 1. The zero-order chi connectivity index (χ0) is 24.9. The Morgan fingerprint density at radius 2 is 1.88 bits per heavy atom. The molecule has 0 spiro atoms. The normalized spacial score (nSPS) is 15.8. The lowest BCUT2D eigenvalue weighted by atomic mass is 9.91. The first kappa shape index (κ1) is 25.7. The second-order valence-electron chi connectivity index (χ2n) is 10.3. The summed E-state index contributed by atoms with van der Waals surface area (Å²) in [5.74, 6) is -1.00. The van der Waals surface area contributed by atoms with Gasteiger partial charge in [-0.2, -0.15) is 0 Å². The minimum absolute atomic E-state index is 0.0129. The van der Waals surface area contributed by atoms with Crippen molar-refractivity contribution in [3.8, 4) is 0 Å². The fourth-order valence-electron chi connectivity index (χ4n) is 4.13. The molecule has 1 heterocycles. The van der Waals surface area contributed by atoms with Crippen molar-refractivity contribution in [3.05, 3.63) is 59.4 Å². The molecule has 0 saturated carbocycles. The fraction of sp³-hybridized carbons (Fsp3) is 0.481. The summed E-state index contributed by atoms with van der Waals surface area (Å²) in [5, 5.41) is 2.79. The largest absolute Gasteiger partial charge is 0.377 e. The zero-order valence-corrected chi connectivity index (χ0v) is 20.9. The lowest BCUT2D eigenvalue weighted by Gasteiger charge is -2.30. The van der Waals surface area contributed by atoms with E-state index in [0.717, 1.165) is 30.7 Å². The van der Waals surface area contributed by atoms with Gasteiger partial charge in [-0.3, -0.25) is 9.59 Å². The van der Waals surface area contributed by atoms with Gasteiger partial charge in [0.2, 0.25) is 5.91 Å². The van der Waals surface area contributed by atoms with E-state index >= 15 is 0 Å². The molecule has 1 fully saturated rings. The molecule has 0 radical (unpaired) electrons. The topological polar surface area (TPSA) is 61.9 Å². The van der Waals surface area contributed by atoms with Crippen molar-refractivity contribution in [2.24, 2.45) is 5.41 Å². The molecule has 34 heavy (non-hydrogen) atoms. The van der Waals surface area contributed by atoms with E-state index in [2.05, 4.69) is 26.1 Å². The summed E-state index contributed by atoms with van der Waals surface area (Å²) >= 11 is 0. The Kier molecular flexibility index (Phi) is 8.31. The van der Waals surface area contributed by atoms with Gasteiger partial charge in [0.1, 0.15) is 5.82 Å².